The Morgan fingerprint density at radius 2 is 2.18 bits per heavy atom. The Balaban J connectivity index is 1.68. The summed E-state index contributed by atoms with van der Waals surface area (Å²) in [5.41, 5.74) is 1.85. The molecule has 1 N–H and O–H groups in total. The van der Waals surface area contributed by atoms with Gasteiger partial charge in [0.2, 0.25) is 5.91 Å². The quantitative estimate of drug-likeness (QED) is 0.877. The Bertz CT molecular complexity index is 664. The van der Waals surface area contributed by atoms with E-state index < -0.39 is 0 Å². The van der Waals surface area contributed by atoms with Crippen LogP contribution >= 0.6 is 0 Å². The second-order valence-corrected chi connectivity index (χ2v) is 5.40. The van der Waals surface area contributed by atoms with Gasteiger partial charge in [-0.1, -0.05) is 18.2 Å². The second-order valence-electron chi connectivity index (χ2n) is 5.40. The van der Waals surface area contributed by atoms with Crippen molar-refractivity contribution < 1.29 is 9.90 Å². The van der Waals surface area contributed by atoms with E-state index in [-0.39, 0.29) is 18.6 Å². The average molecular weight is 297 g/mol. The molecule has 0 spiro atoms. The number of likely N-dealkylation sites (tertiary alicyclic amines) is 1. The minimum Gasteiger partial charge on any atom is -0.394 e. The maximum Gasteiger partial charge on any atom is 0.246 e. The van der Waals surface area contributed by atoms with Crippen LogP contribution in [0.2, 0.25) is 0 Å². The Morgan fingerprint density at radius 3 is 2.95 bits per heavy atom. The van der Waals surface area contributed by atoms with E-state index in [4.69, 9.17) is 0 Å². The first-order valence-electron chi connectivity index (χ1n) is 7.47. The third kappa shape index (κ3) is 3.09. The van der Waals surface area contributed by atoms with E-state index in [1.54, 1.807) is 27.9 Å². The van der Waals surface area contributed by atoms with E-state index >= 15 is 0 Å². The third-order valence-corrected chi connectivity index (χ3v) is 3.91. The summed E-state index contributed by atoms with van der Waals surface area (Å²) in [7, 11) is 0. The summed E-state index contributed by atoms with van der Waals surface area (Å²) in [6.07, 6.45) is 8.76. The van der Waals surface area contributed by atoms with Gasteiger partial charge in [-0.3, -0.25) is 4.79 Å². The fourth-order valence-electron chi connectivity index (χ4n) is 2.72. The van der Waals surface area contributed by atoms with E-state index in [0.717, 1.165) is 30.6 Å². The second kappa shape index (κ2) is 6.58. The summed E-state index contributed by atoms with van der Waals surface area (Å²) in [5.74, 6) is -0.0518. The summed E-state index contributed by atoms with van der Waals surface area (Å²) in [4.78, 5) is 13.9. The molecule has 0 aliphatic carbocycles. The fraction of sp³-hybridized carbons (Fsp3) is 0.294. The highest BCUT2D eigenvalue weighted by Gasteiger charge is 2.26. The summed E-state index contributed by atoms with van der Waals surface area (Å²) in [5, 5.41) is 13.6. The molecule has 0 unspecified atom stereocenters. The minimum atomic E-state index is -0.0518. The van der Waals surface area contributed by atoms with Gasteiger partial charge in [-0.15, -0.1) is 0 Å². The highest BCUT2D eigenvalue weighted by Crippen LogP contribution is 2.17. The van der Waals surface area contributed by atoms with Crippen LogP contribution in [0.25, 0.3) is 11.8 Å². The van der Waals surface area contributed by atoms with Gasteiger partial charge in [-0.05, 0) is 31.1 Å². The van der Waals surface area contributed by atoms with Gasteiger partial charge in [-0.2, -0.15) is 5.10 Å². The molecule has 2 aromatic rings. The van der Waals surface area contributed by atoms with Crippen LogP contribution < -0.4 is 0 Å². The Hall–Kier alpha value is -2.40. The van der Waals surface area contributed by atoms with Gasteiger partial charge in [0, 0.05) is 24.4 Å². The summed E-state index contributed by atoms with van der Waals surface area (Å²) < 4.78 is 1.77. The van der Waals surface area contributed by atoms with Crippen LogP contribution in [0.15, 0.2) is 48.8 Å². The van der Waals surface area contributed by atoms with Gasteiger partial charge >= 0.3 is 0 Å². The zero-order valence-corrected chi connectivity index (χ0v) is 12.3. The molecular formula is C17H19N3O2. The molecular weight excluding hydrogens is 278 g/mol. The van der Waals surface area contributed by atoms with Gasteiger partial charge < -0.3 is 10.0 Å². The van der Waals surface area contributed by atoms with Crippen molar-refractivity contribution in [1.29, 1.82) is 0 Å². The number of amides is 1. The predicted molar refractivity (Wildman–Crippen MR) is 84.4 cm³/mol. The molecule has 0 bridgehead atoms. The van der Waals surface area contributed by atoms with Crippen molar-refractivity contribution >= 4 is 12.0 Å². The molecule has 5 heteroatoms. The number of aromatic nitrogens is 2. The number of nitrogens with zero attached hydrogens (tertiary/aromatic N) is 3. The highest BCUT2D eigenvalue weighted by atomic mass is 16.3. The van der Waals surface area contributed by atoms with Crippen molar-refractivity contribution in [1.82, 2.24) is 14.7 Å². The Kier molecular flexibility index (Phi) is 4.34. The van der Waals surface area contributed by atoms with E-state index in [1.165, 1.54) is 0 Å². The number of aliphatic hydroxyl groups is 1. The number of carbonyl (C=O) groups is 1. The van der Waals surface area contributed by atoms with Crippen LogP contribution in [-0.4, -0.2) is 44.9 Å². The third-order valence-electron chi connectivity index (χ3n) is 3.91. The smallest absolute Gasteiger partial charge is 0.246 e. The van der Waals surface area contributed by atoms with Gasteiger partial charge in [0.1, 0.15) is 0 Å². The van der Waals surface area contributed by atoms with E-state index in [1.807, 2.05) is 36.5 Å². The number of carbonyl (C=O) groups excluding carboxylic acids is 1. The van der Waals surface area contributed by atoms with E-state index in [0.29, 0.717) is 0 Å². The standard InChI is InChI=1S/C17H19N3O2/c21-13-16-7-4-10-19(16)17(22)9-8-14-11-18-20(12-14)15-5-2-1-3-6-15/h1-3,5-6,8-9,11-12,16,21H,4,7,10,13H2/b9-8+/t16-/m1/s1. The van der Waals surface area contributed by atoms with Crippen LogP contribution in [0.4, 0.5) is 0 Å². The van der Waals surface area contributed by atoms with Crippen LogP contribution in [0, 0.1) is 0 Å². The lowest BCUT2D eigenvalue weighted by atomic mass is 10.2. The fourth-order valence-corrected chi connectivity index (χ4v) is 2.72. The number of aliphatic hydroxyl groups excluding tert-OH is 1. The van der Waals surface area contributed by atoms with Gasteiger partial charge in [0.25, 0.3) is 0 Å². The average Bonchev–Trinajstić information content (AvgIpc) is 3.22. The Morgan fingerprint density at radius 1 is 1.36 bits per heavy atom. The SMILES string of the molecule is O=C(/C=C/c1cnn(-c2ccccc2)c1)N1CCC[C@@H]1CO. The van der Waals surface area contributed by atoms with Crippen molar-refractivity contribution in [3.8, 4) is 5.69 Å². The lowest BCUT2D eigenvalue weighted by Gasteiger charge is -2.21. The molecule has 0 saturated carbocycles. The van der Waals surface area contributed by atoms with Crippen LogP contribution in [-0.2, 0) is 4.79 Å². The van der Waals surface area contributed by atoms with Gasteiger partial charge in [0.15, 0.2) is 0 Å². The maximum absolute atomic E-state index is 12.2. The van der Waals surface area contributed by atoms with Crippen LogP contribution in [0.1, 0.15) is 18.4 Å². The van der Waals surface area contributed by atoms with Crippen molar-refractivity contribution in [2.24, 2.45) is 0 Å². The molecule has 1 aliphatic rings. The summed E-state index contributed by atoms with van der Waals surface area (Å²) in [6.45, 7) is 0.753. The molecule has 2 heterocycles. The summed E-state index contributed by atoms with van der Waals surface area (Å²) >= 11 is 0. The lowest BCUT2D eigenvalue weighted by Crippen LogP contribution is -2.36. The number of para-hydroxylation sites is 1. The number of hydrogen-bond donors (Lipinski definition) is 1. The highest BCUT2D eigenvalue weighted by molar-refractivity contribution is 5.92. The van der Waals surface area contributed by atoms with Gasteiger partial charge in [-0.25, -0.2) is 4.68 Å². The van der Waals surface area contributed by atoms with E-state index in [9.17, 15) is 9.90 Å². The largest absolute Gasteiger partial charge is 0.394 e. The van der Waals surface area contributed by atoms with E-state index in [2.05, 4.69) is 5.10 Å². The molecule has 1 amide bonds. The first kappa shape index (κ1) is 14.5. The van der Waals surface area contributed by atoms with Gasteiger partial charge in [0.05, 0.1) is 24.5 Å². The zero-order valence-electron chi connectivity index (χ0n) is 12.3. The molecule has 1 atom stereocenters. The number of rotatable bonds is 4. The predicted octanol–water partition coefficient (Wildman–Crippen LogP) is 1.87. The molecule has 0 radical (unpaired) electrons. The molecule has 1 aliphatic heterocycles. The topological polar surface area (TPSA) is 58.4 Å². The lowest BCUT2D eigenvalue weighted by molar-refractivity contribution is -0.127. The monoisotopic (exact) mass is 297 g/mol. The van der Waals surface area contributed by atoms with Crippen molar-refractivity contribution in [2.45, 2.75) is 18.9 Å². The molecule has 1 aromatic heterocycles. The van der Waals surface area contributed by atoms with Crippen LogP contribution in [0.5, 0.6) is 0 Å². The van der Waals surface area contributed by atoms with Crippen molar-refractivity contribution in [2.75, 3.05) is 13.2 Å². The molecule has 3 rings (SSSR count). The first-order valence-corrected chi connectivity index (χ1v) is 7.47. The number of hydrogen-bond acceptors (Lipinski definition) is 3. The number of benzene rings is 1. The van der Waals surface area contributed by atoms with Crippen molar-refractivity contribution in [3.63, 3.8) is 0 Å². The maximum atomic E-state index is 12.2. The normalized spacial score (nSPS) is 18.2. The molecule has 22 heavy (non-hydrogen) atoms. The van der Waals surface area contributed by atoms with Crippen molar-refractivity contribution in [3.05, 3.63) is 54.4 Å². The Labute approximate surface area is 129 Å². The molecule has 114 valence electrons. The van der Waals surface area contributed by atoms with Crippen LogP contribution in [0.3, 0.4) is 0 Å². The molecule has 1 aromatic carbocycles. The molecule has 1 saturated heterocycles. The molecule has 5 nitrogen and oxygen atoms in total. The summed E-state index contributed by atoms with van der Waals surface area (Å²) in [6, 6.07) is 9.78. The zero-order chi connectivity index (χ0) is 15.4. The first-order chi connectivity index (χ1) is 10.8. The molecule has 1 fully saturated rings. The minimum absolute atomic E-state index is 0.0333.